The summed E-state index contributed by atoms with van der Waals surface area (Å²) >= 11 is 0. The molecule has 0 amide bonds. The Labute approximate surface area is 84.2 Å². The van der Waals surface area contributed by atoms with Crippen molar-refractivity contribution in [2.24, 2.45) is 5.73 Å². The summed E-state index contributed by atoms with van der Waals surface area (Å²) in [6.45, 7) is 0. The summed E-state index contributed by atoms with van der Waals surface area (Å²) in [6, 6.07) is 1.05. The standard InChI is InChI=1S/C7H11N3.2ClH/c8-6-3-7(4-6)10-2-1-9-5-10;;/h1-2,5-7H,3-4,8H2;2*1H. The van der Waals surface area contributed by atoms with Crippen molar-refractivity contribution in [3.8, 4) is 0 Å². The van der Waals surface area contributed by atoms with E-state index < -0.39 is 0 Å². The van der Waals surface area contributed by atoms with Crippen LogP contribution in [0.25, 0.3) is 0 Å². The summed E-state index contributed by atoms with van der Waals surface area (Å²) in [5, 5.41) is 0. The average molecular weight is 210 g/mol. The lowest BCUT2D eigenvalue weighted by Gasteiger charge is -2.33. The third kappa shape index (κ3) is 2.12. The van der Waals surface area contributed by atoms with Gasteiger partial charge in [-0.2, -0.15) is 0 Å². The maximum Gasteiger partial charge on any atom is 0.0948 e. The average Bonchev–Trinajstić information content (AvgIpc) is 2.31. The fourth-order valence-corrected chi connectivity index (χ4v) is 1.36. The second-order valence-electron chi connectivity index (χ2n) is 2.90. The topological polar surface area (TPSA) is 43.8 Å². The van der Waals surface area contributed by atoms with Crippen molar-refractivity contribution in [1.82, 2.24) is 9.55 Å². The minimum atomic E-state index is 0. The molecular weight excluding hydrogens is 197 g/mol. The summed E-state index contributed by atoms with van der Waals surface area (Å²) < 4.78 is 2.13. The predicted molar refractivity (Wildman–Crippen MR) is 53.0 cm³/mol. The number of imidazole rings is 1. The summed E-state index contributed by atoms with van der Waals surface area (Å²) in [5.41, 5.74) is 5.64. The van der Waals surface area contributed by atoms with E-state index in [2.05, 4.69) is 9.55 Å². The molecule has 2 N–H and O–H groups in total. The van der Waals surface area contributed by atoms with Gasteiger partial charge in [-0.25, -0.2) is 4.98 Å². The van der Waals surface area contributed by atoms with E-state index >= 15 is 0 Å². The van der Waals surface area contributed by atoms with Crippen LogP contribution in [0.4, 0.5) is 0 Å². The van der Waals surface area contributed by atoms with E-state index in [-0.39, 0.29) is 24.8 Å². The molecule has 1 aliphatic rings. The number of rotatable bonds is 1. The normalized spacial score (nSPS) is 26.4. The van der Waals surface area contributed by atoms with Gasteiger partial charge in [0.1, 0.15) is 0 Å². The summed E-state index contributed by atoms with van der Waals surface area (Å²) in [7, 11) is 0. The Morgan fingerprint density at radius 3 is 2.42 bits per heavy atom. The highest BCUT2D eigenvalue weighted by molar-refractivity contribution is 5.85. The van der Waals surface area contributed by atoms with Crippen molar-refractivity contribution in [3.63, 3.8) is 0 Å². The molecule has 0 radical (unpaired) electrons. The zero-order chi connectivity index (χ0) is 6.97. The number of halogens is 2. The highest BCUT2D eigenvalue weighted by Crippen LogP contribution is 2.29. The van der Waals surface area contributed by atoms with Crippen molar-refractivity contribution < 1.29 is 0 Å². The Morgan fingerprint density at radius 2 is 2.00 bits per heavy atom. The quantitative estimate of drug-likeness (QED) is 0.761. The fraction of sp³-hybridized carbons (Fsp3) is 0.571. The first kappa shape index (κ1) is 11.8. The molecule has 0 atom stereocenters. The van der Waals surface area contributed by atoms with E-state index in [0.29, 0.717) is 12.1 Å². The molecule has 5 heteroatoms. The first-order valence-corrected chi connectivity index (χ1v) is 3.59. The van der Waals surface area contributed by atoms with Gasteiger partial charge in [-0.3, -0.25) is 0 Å². The SMILES string of the molecule is Cl.Cl.NC1CC(n2ccnc2)C1. The molecule has 12 heavy (non-hydrogen) atoms. The van der Waals surface area contributed by atoms with Gasteiger partial charge < -0.3 is 10.3 Å². The van der Waals surface area contributed by atoms with Crippen LogP contribution in [-0.4, -0.2) is 15.6 Å². The predicted octanol–water partition coefficient (Wildman–Crippen LogP) is 1.39. The number of hydrogen-bond acceptors (Lipinski definition) is 2. The van der Waals surface area contributed by atoms with Crippen molar-refractivity contribution in [1.29, 1.82) is 0 Å². The minimum Gasteiger partial charge on any atom is -0.334 e. The third-order valence-corrected chi connectivity index (χ3v) is 2.10. The van der Waals surface area contributed by atoms with E-state index in [9.17, 15) is 0 Å². The number of nitrogens with zero attached hydrogens (tertiary/aromatic N) is 2. The molecule has 3 nitrogen and oxygen atoms in total. The van der Waals surface area contributed by atoms with Crippen LogP contribution in [0.1, 0.15) is 18.9 Å². The lowest BCUT2D eigenvalue weighted by atomic mass is 9.87. The van der Waals surface area contributed by atoms with Crippen LogP contribution in [0.5, 0.6) is 0 Å². The molecule has 0 saturated heterocycles. The van der Waals surface area contributed by atoms with Gasteiger partial charge >= 0.3 is 0 Å². The maximum absolute atomic E-state index is 5.64. The molecule has 0 aromatic carbocycles. The molecule has 1 fully saturated rings. The summed E-state index contributed by atoms with van der Waals surface area (Å²) in [4.78, 5) is 3.97. The zero-order valence-corrected chi connectivity index (χ0v) is 8.22. The van der Waals surface area contributed by atoms with Crippen molar-refractivity contribution in [2.45, 2.75) is 24.9 Å². The molecule has 0 spiro atoms. The molecule has 70 valence electrons. The summed E-state index contributed by atoms with van der Waals surface area (Å²) in [5.74, 6) is 0. The molecule has 1 heterocycles. The van der Waals surface area contributed by atoms with E-state index in [1.807, 2.05) is 18.7 Å². The monoisotopic (exact) mass is 209 g/mol. The molecule has 1 aromatic rings. The zero-order valence-electron chi connectivity index (χ0n) is 6.59. The molecule has 2 rings (SSSR count). The molecule has 1 aromatic heterocycles. The second-order valence-corrected chi connectivity index (χ2v) is 2.90. The van der Waals surface area contributed by atoms with Crippen molar-refractivity contribution in [2.75, 3.05) is 0 Å². The molecule has 0 bridgehead atoms. The van der Waals surface area contributed by atoms with Crippen LogP contribution >= 0.6 is 24.8 Å². The van der Waals surface area contributed by atoms with Crippen LogP contribution in [0, 0.1) is 0 Å². The van der Waals surface area contributed by atoms with Crippen LogP contribution in [0.2, 0.25) is 0 Å². The van der Waals surface area contributed by atoms with Crippen LogP contribution in [0.3, 0.4) is 0 Å². The van der Waals surface area contributed by atoms with E-state index in [1.165, 1.54) is 0 Å². The van der Waals surface area contributed by atoms with E-state index in [0.717, 1.165) is 12.8 Å². The van der Waals surface area contributed by atoms with Gasteiger partial charge in [-0.1, -0.05) is 0 Å². The highest BCUT2D eigenvalue weighted by Gasteiger charge is 2.26. The number of aromatic nitrogens is 2. The Kier molecular flexibility index (Phi) is 4.60. The maximum atomic E-state index is 5.64. The van der Waals surface area contributed by atoms with Gasteiger partial charge in [-0.15, -0.1) is 24.8 Å². The van der Waals surface area contributed by atoms with E-state index in [4.69, 9.17) is 5.73 Å². The lowest BCUT2D eigenvalue weighted by Crippen LogP contribution is -2.37. The van der Waals surface area contributed by atoms with Gasteiger partial charge in [0.25, 0.3) is 0 Å². The molecule has 0 unspecified atom stereocenters. The van der Waals surface area contributed by atoms with Crippen molar-refractivity contribution >= 4 is 24.8 Å². The smallest absolute Gasteiger partial charge is 0.0948 e. The summed E-state index contributed by atoms with van der Waals surface area (Å²) in [6.07, 6.45) is 7.88. The molecule has 0 aliphatic heterocycles. The van der Waals surface area contributed by atoms with Gasteiger partial charge in [0.15, 0.2) is 0 Å². The van der Waals surface area contributed by atoms with Gasteiger partial charge in [-0.05, 0) is 12.8 Å². The number of hydrogen-bond donors (Lipinski definition) is 1. The first-order chi connectivity index (χ1) is 4.86. The Balaban J connectivity index is 0.000000605. The molecule has 1 aliphatic carbocycles. The molecule has 1 saturated carbocycles. The van der Waals surface area contributed by atoms with Gasteiger partial charge in [0.2, 0.25) is 0 Å². The van der Waals surface area contributed by atoms with Crippen molar-refractivity contribution in [3.05, 3.63) is 18.7 Å². The minimum absolute atomic E-state index is 0. The third-order valence-electron chi connectivity index (χ3n) is 2.10. The van der Waals surface area contributed by atoms with E-state index in [1.54, 1.807) is 0 Å². The Bertz CT molecular complexity index is 206. The Hall–Kier alpha value is -0.250. The van der Waals surface area contributed by atoms with Crippen LogP contribution in [-0.2, 0) is 0 Å². The van der Waals surface area contributed by atoms with Crippen LogP contribution < -0.4 is 5.73 Å². The highest BCUT2D eigenvalue weighted by atomic mass is 35.5. The first-order valence-electron chi connectivity index (χ1n) is 3.59. The van der Waals surface area contributed by atoms with Gasteiger partial charge in [0.05, 0.1) is 6.33 Å². The Morgan fingerprint density at radius 1 is 1.33 bits per heavy atom. The second kappa shape index (κ2) is 4.70. The molecular formula is C7H13Cl2N3. The van der Waals surface area contributed by atoms with Gasteiger partial charge in [0, 0.05) is 24.5 Å². The fourth-order valence-electron chi connectivity index (χ4n) is 1.36. The largest absolute Gasteiger partial charge is 0.334 e. The lowest BCUT2D eigenvalue weighted by molar-refractivity contribution is 0.266. The van der Waals surface area contributed by atoms with Crippen LogP contribution in [0.15, 0.2) is 18.7 Å². The number of nitrogens with two attached hydrogens (primary N) is 1.